The number of hydrogen-bond donors (Lipinski definition) is 0. The minimum Gasteiger partial charge on any atom is -0.493 e. The Balaban J connectivity index is 1.45. The Bertz CT molecular complexity index is 850. The van der Waals surface area contributed by atoms with E-state index >= 15 is 0 Å². The van der Waals surface area contributed by atoms with Crippen LogP contribution in [0, 0.1) is 0 Å². The summed E-state index contributed by atoms with van der Waals surface area (Å²) in [5.41, 5.74) is 0.316. The quantitative estimate of drug-likeness (QED) is 0.385. The molecule has 1 aromatic carbocycles. The van der Waals surface area contributed by atoms with Crippen LogP contribution in [0.4, 0.5) is 4.79 Å². The van der Waals surface area contributed by atoms with E-state index in [0.29, 0.717) is 28.9 Å². The number of carbonyl (C=O) groups is 3. The van der Waals surface area contributed by atoms with Crippen molar-refractivity contribution in [1.82, 2.24) is 9.80 Å². The van der Waals surface area contributed by atoms with Gasteiger partial charge in [-0.1, -0.05) is 25.3 Å². The molecule has 3 fully saturated rings. The molecule has 2 heterocycles. The Morgan fingerprint density at radius 2 is 1.83 bits per heavy atom. The highest BCUT2D eigenvalue weighted by atomic mass is 32.2. The van der Waals surface area contributed by atoms with Crippen molar-refractivity contribution in [3.63, 3.8) is 0 Å². The van der Waals surface area contributed by atoms with Crippen LogP contribution in [0.25, 0.3) is 0 Å². The van der Waals surface area contributed by atoms with Gasteiger partial charge in [-0.15, -0.1) is 23.5 Å². The van der Waals surface area contributed by atoms with Gasteiger partial charge >= 0.3 is 12.0 Å². The maximum absolute atomic E-state index is 13.0. The fourth-order valence-electron chi connectivity index (χ4n) is 4.42. The second kappa shape index (κ2) is 8.70. The third kappa shape index (κ3) is 3.77. The summed E-state index contributed by atoms with van der Waals surface area (Å²) in [5, 5.41) is 0. The van der Waals surface area contributed by atoms with E-state index in [1.54, 1.807) is 13.1 Å². The molecule has 0 aromatic heterocycles. The third-order valence-corrected chi connectivity index (χ3v) is 9.18. The van der Waals surface area contributed by atoms with Gasteiger partial charge in [-0.3, -0.25) is 9.69 Å². The topological polar surface area (TPSA) is 76.2 Å². The summed E-state index contributed by atoms with van der Waals surface area (Å²) in [6.07, 6.45) is 4.16. The van der Waals surface area contributed by atoms with Crippen LogP contribution in [0.5, 0.6) is 11.5 Å². The fraction of sp³-hybridized carbons (Fsp3) is 0.571. The number of imide groups is 1. The van der Waals surface area contributed by atoms with Crippen molar-refractivity contribution in [2.75, 3.05) is 32.2 Å². The van der Waals surface area contributed by atoms with Gasteiger partial charge in [-0.05, 0) is 30.5 Å². The first-order valence-electron chi connectivity index (χ1n) is 10.2. The predicted octanol–water partition coefficient (Wildman–Crippen LogP) is 3.68. The van der Waals surface area contributed by atoms with Crippen molar-refractivity contribution in [3.05, 3.63) is 23.8 Å². The molecule has 3 aliphatic rings. The van der Waals surface area contributed by atoms with Gasteiger partial charge in [0.2, 0.25) is 0 Å². The van der Waals surface area contributed by atoms with Crippen molar-refractivity contribution < 1.29 is 23.9 Å². The van der Waals surface area contributed by atoms with Crippen molar-refractivity contribution in [2.45, 2.75) is 42.2 Å². The second-order valence-electron chi connectivity index (χ2n) is 7.78. The lowest BCUT2D eigenvalue weighted by atomic mass is 9.81. The minimum atomic E-state index is -0.800. The largest absolute Gasteiger partial charge is 0.493 e. The van der Waals surface area contributed by atoms with Crippen molar-refractivity contribution in [2.24, 2.45) is 0 Å². The molecule has 3 amide bonds. The van der Waals surface area contributed by atoms with E-state index in [0.717, 1.165) is 41.2 Å². The highest BCUT2D eigenvalue weighted by Gasteiger charge is 2.56. The molecule has 2 aliphatic heterocycles. The van der Waals surface area contributed by atoms with E-state index in [1.807, 2.05) is 35.7 Å². The molecule has 1 aliphatic carbocycles. The van der Waals surface area contributed by atoms with Crippen molar-refractivity contribution >= 4 is 41.4 Å². The number of benzene rings is 1. The molecule has 0 unspecified atom stereocenters. The van der Waals surface area contributed by atoms with Crippen LogP contribution in [-0.2, 0) is 9.59 Å². The number of rotatable bonds is 5. The lowest BCUT2D eigenvalue weighted by molar-refractivity contribution is -0.142. The zero-order valence-electron chi connectivity index (χ0n) is 17.2. The number of likely N-dealkylation sites (N-methyl/N-ethyl adjacent to an activating group) is 1. The predicted molar refractivity (Wildman–Crippen MR) is 117 cm³/mol. The highest BCUT2D eigenvalue weighted by Crippen LogP contribution is 2.47. The second-order valence-corrected chi connectivity index (χ2v) is 10.5. The number of ether oxygens (including phenoxy) is 2. The normalized spacial score (nSPS) is 21.5. The van der Waals surface area contributed by atoms with Gasteiger partial charge in [-0.25, -0.2) is 9.59 Å². The van der Waals surface area contributed by atoms with E-state index < -0.39 is 24.1 Å². The van der Waals surface area contributed by atoms with Crippen molar-refractivity contribution in [3.8, 4) is 11.5 Å². The third-order valence-electron chi connectivity index (χ3n) is 6.08. The van der Waals surface area contributed by atoms with E-state index in [-0.39, 0.29) is 5.91 Å². The summed E-state index contributed by atoms with van der Waals surface area (Å²) < 4.78 is 11.2. The Morgan fingerprint density at radius 1 is 1.13 bits per heavy atom. The van der Waals surface area contributed by atoms with E-state index in [2.05, 4.69) is 0 Å². The van der Waals surface area contributed by atoms with Crippen LogP contribution < -0.4 is 9.47 Å². The number of carbonyl (C=O) groups excluding carboxylic acids is 3. The standard InChI is InChI=1S/C21H26N2O5S2/c1-22-20(26)23(19(25)21(22)8-4-3-5-9-21)13-17(24)28-15-7-6-14(12-16(15)27-2)18-29-10-11-30-18/h6-7,12,18H,3-5,8-11,13H2,1-2H3. The fourth-order valence-corrected chi connectivity index (χ4v) is 7.26. The SMILES string of the molecule is COc1cc(C2SCCS2)ccc1OC(=O)CN1C(=O)N(C)C2(CCCCC2)C1=O. The molecule has 7 nitrogen and oxygen atoms in total. The number of methoxy groups -OCH3 is 1. The monoisotopic (exact) mass is 450 g/mol. The Hall–Kier alpha value is -1.87. The van der Waals surface area contributed by atoms with Gasteiger partial charge < -0.3 is 14.4 Å². The number of hydrogen-bond acceptors (Lipinski definition) is 7. The maximum Gasteiger partial charge on any atom is 0.331 e. The number of esters is 1. The summed E-state index contributed by atoms with van der Waals surface area (Å²) in [6.45, 7) is -0.400. The van der Waals surface area contributed by atoms with Gasteiger partial charge in [0, 0.05) is 18.6 Å². The minimum absolute atomic E-state index is 0.288. The molecule has 1 saturated carbocycles. The van der Waals surface area contributed by atoms with Crippen LogP contribution in [-0.4, -0.2) is 65.5 Å². The molecule has 1 spiro atoms. The van der Waals surface area contributed by atoms with Gasteiger partial charge in [-0.2, -0.15) is 0 Å². The smallest absolute Gasteiger partial charge is 0.331 e. The van der Waals surface area contributed by atoms with Crippen molar-refractivity contribution in [1.29, 1.82) is 0 Å². The lowest BCUT2D eigenvalue weighted by Gasteiger charge is -2.35. The summed E-state index contributed by atoms with van der Waals surface area (Å²) >= 11 is 3.76. The first kappa shape index (κ1) is 21.4. The molecule has 30 heavy (non-hydrogen) atoms. The molecular weight excluding hydrogens is 424 g/mol. The number of urea groups is 1. The Kier molecular flexibility index (Phi) is 6.20. The van der Waals surface area contributed by atoms with Crippen LogP contribution in [0.3, 0.4) is 0 Å². The zero-order chi connectivity index (χ0) is 21.3. The maximum atomic E-state index is 13.0. The molecular formula is C21H26N2O5S2. The molecule has 0 bridgehead atoms. The lowest BCUT2D eigenvalue weighted by Crippen LogP contribution is -2.49. The number of amides is 3. The molecule has 0 N–H and O–H groups in total. The molecule has 4 rings (SSSR count). The Morgan fingerprint density at radius 3 is 2.50 bits per heavy atom. The molecule has 1 aromatic rings. The summed E-state index contributed by atoms with van der Waals surface area (Å²) in [5.74, 6) is 2.04. The average Bonchev–Trinajstić information content (AvgIpc) is 3.36. The molecule has 2 saturated heterocycles. The first-order valence-corrected chi connectivity index (χ1v) is 12.3. The first-order chi connectivity index (χ1) is 14.5. The zero-order valence-corrected chi connectivity index (χ0v) is 18.9. The van der Waals surface area contributed by atoms with Crippen LogP contribution >= 0.6 is 23.5 Å². The number of thioether (sulfide) groups is 2. The van der Waals surface area contributed by atoms with E-state index in [4.69, 9.17) is 9.47 Å². The van der Waals surface area contributed by atoms with Gasteiger partial charge in [0.1, 0.15) is 12.1 Å². The molecule has 0 radical (unpaired) electrons. The molecule has 9 heteroatoms. The van der Waals surface area contributed by atoms with Crippen LogP contribution in [0.15, 0.2) is 18.2 Å². The van der Waals surface area contributed by atoms with E-state index in [9.17, 15) is 14.4 Å². The van der Waals surface area contributed by atoms with Gasteiger partial charge in [0.05, 0.1) is 11.7 Å². The summed E-state index contributed by atoms with van der Waals surface area (Å²) in [7, 11) is 3.18. The molecule has 0 atom stereocenters. The Labute approximate surface area is 184 Å². The van der Waals surface area contributed by atoms with Crippen LogP contribution in [0.1, 0.15) is 42.2 Å². The highest BCUT2D eigenvalue weighted by molar-refractivity contribution is 8.19. The van der Waals surface area contributed by atoms with E-state index in [1.165, 1.54) is 12.0 Å². The molecule has 162 valence electrons. The van der Waals surface area contributed by atoms with Gasteiger partial charge in [0.15, 0.2) is 11.5 Å². The van der Waals surface area contributed by atoms with Gasteiger partial charge in [0.25, 0.3) is 5.91 Å². The van der Waals surface area contributed by atoms with Crippen LogP contribution in [0.2, 0.25) is 0 Å². The average molecular weight is 451 g/mol. The summed E-state index contributed by atoms with van der Waals surface area (Å²) in [6, 6.07) is 5.10. The number of nitrogens with zero attached hydrogens (tertiary/aromatic N) is 2. The summed E-state index contributed by atoms with van der Waals surface area (Å²) in [4.78, 5) is 40.9.